The van der Waals surface area contributed by atoms with Crippen LogP contribution in [0, 0.1) is 11.7 Å². The molecular formula is C16H26FNO2. The number of ether oxygens (including phenoxy) is 2. The summed E-state index contributed by atoms with van der Waals surface area (Å²) in [5.41, 5.74) is 0.650. The van der Waals surface area contributed by atoms with E-state index in [1.807, 2.05) is 13.0 Å². The molecule has 0 spiro atoms. The Labute approximate surface area is 121 Å². The molecule has 1 aromatic rings. The third-order valence-electron chi connectivity index (χ3n) is 2.84. The maximum Gasteiger partial charge on any atom is 0.128 e. The molecule has 1 rings (SSSR count). The smallest absolute Gasteiger partial charge is 0.128 e. The fraction of sp³-hybridized carbons (Fsp3) is 0.625. The molecule has 4 heteroatoms. The molecular weight excluding hydrogens is 257 g/mol. The zero-order valence-electron chi connectivity index (χ0n) is 12.7. The van der Waals surface area contributed by atoms with Gasteiger partial charge in [-0.1, -0.05) is 39.0 Å². The van der Waals surface area contributed by atoms with E-state index in [0.29, 0.717) is 31.3 Å². The van der Waals surface area contributed by atoms with Crippen LogP contribution in [-0.2, 0) is 9.47 Å². The van der Waals surface area contributed by atoms with Crippen LogP contribution in [0.15, 0.2) is 24.3 Å². The van der Waals surface area contributed by atoms with Gasteiger partial charge >= 0.3 is 0 Å². The third-order valence-corrected chi connectivity index (χ3v) is 2.84. The van der Waals surface area contributed by atoms with Crippen LogP contribution in [-0.4, -0.2) is 33.0 Å². The monoisotopic (exact) mass is 283 g/mol. The Morgan fingerprint density at radius 3 is 2.35 bits per heavy atom. The van der Waals surface area contributed by atoms with Crippen LogP contribution in [0.1, 0.15) is 32.4 Å². The molecule has 1 unspecified atom stereocenters. The van der Waals surface area contributed by atoms with Crippen LogP contribution < -0.4 is 5.32 Å². The Hall–Kier alpha value is -0.970. The van der Waals surface area contributed by atoms with Gasteiger partial charge in [-0.3, -0.25) is 0 Å². The molecule has 1 atom stereocenters. The molecule has 0 fully saturated rings. The molecule has 0 heterocycles. The van der Waals surface area contributed by atoms with E-state index in [9.17, 15) is 4.39 Å². The van der Waals surface area contributed by atoms with Crippen LogP contribution in [0.4, 0.5) is 4.39 Å². The van der Waals surface area contributed by atoms with E-state index >= 15 is 0 Å². The van der Waals surface area contributed by atoms with Gasteiger partial charge in [-0.05, 0) is 18.5 Å². The molecule has 0 bridgehead atoms. The van der Waals surface area contributed by atoms with Crippen molar-refractivity contribution in [2.45, 2.75) is 26.8 Å². The summed E-state index contributed by atoms with van der Waals surface area (Å²) in [4.78, 5) is 0. The minimum absolute atomic E-state index is 0.119. The van der Waals surface area contributed by atoms with E-state index in [-0.39, 0.29) is 11.9 Å². The molecule has 0 radical (unpaired) electrons. The van der Waals surface area contributed by atoms with Gasteiger partial charge in [-0.15, -0.1) is 0 Å². The van der Waals surface area contributed by atoms with E-state index in [0.717, 1.165) is 13.2 Å². The lowest BCUT2D eigenvalue weighted by Crippen LogP contribution is -2.27. The average Bonchev–Trinajstić information content (AvgIpc) is 2.42. The third kappa shape index (κ3) is 6.46. The van der Waals surface area contributed by atoms with Gasteiger partial charge in [-0.2, -0.15) is 0 Å². The highest BCUT2D eigenvalue weighted by atomic mass is 19.1. The molecule has 0 aliphatic rings. The number of rotatable bonds is 10. The number of hydrogen-bond donors (Lipinski definition) is 1. The van der Waals surface area contributed by atoms with Crippen molar-refractivity contribution in [3.05, 3.63) is 35.6 Å². The summed E-state index contributed by atoms with van der Waals surface area (Å²) in [7, 11) is 0. The molecule has 0 amide bonds. The quantitative estimate of drug-likeness (QED) is 0.669. The van der Waals surface area contributed by atoms with E-state index in [2.05, 4.69) is 19.2 Å². The number of nitrogens with one attached hydrogen (secondary N) is 1. The maximum absolute atomic E-state index is 13.8. The lowest BCUT2D eigenvalue weighted by molar-refractivity contribution is 0.0301. The Morgan fingerprint density at radius 1 is 1.10 bits per heavy atom. The minimum atomic E-state index is -0.196. The van der Waals surface area contributed by atoms with Crippen molar-refractivity contribution < 1.29 is 13.9 Å². The highest BCUT2D eigenvalue weighted by molar-refractivity contribution is 5.21. The van der Waals surface area contributed by atoms with E-state index in [4.69, 9.17) is 9.47 Å². The van der Waals surface area contributed by atoms with Crippen molar-refractivity contribution >= 4 is 0 Å². The van der Waals surface area contributed by atoms with Gasteiger partial charge < -0.3 is 14.8 Å². The summed E-state index contributed by atoms with van der Waals surface area (Å²) < 4.78 is 24.8. The topological polar surface area (TPSA) is 30.5 Å². The predicted octanol–water partition coefficient (Wildman–Crippen LogP) is 3.17. The Morgan fingerprint density at radius 2 is 1.75 bits per heavy atom. The lowest BCUT2D eigenvalue weighted by Gasteiger charge is -2.19. The fourth-order valence-corrected chi connectivity index (χ4v) is 1.90. The van der Waals surface area contributed by atoms with Crippen molar-refractivity contribution in [1.82, 2.24) is 5.32 Å². The van der Waals surface area contributed by atoms with Crippen molar-refractivity contribution in [2.24, 2.45) is 5.92 Å². The van der Waals surface area contributed by atoms with Crippen LogP contribution in [0.2, 0.25) is 0 Å². The normalized spacial score (nSPS) is 12.8. The Balaban J connectivity index is 2.35. The lowest BCUT2D eigenvalue weighted by atomic mass is 10.1. The van der Waals surface area contributed by atoms with Crippen LogP contribution in [0.25, 0.3) is 0 Å². The highest BCUT2D eigenvalue weighted by Crippen LogP contribution is 2.17. The fourth-order valence-electron chi connectivity index (χ4n) is 1.90. The number of benzene rings is 1. The van der Waals surface area contributed by atoms with Crippen molar-refractivity contribution in [3.63, 3.8) is 0 Å². The summed E-state index contributed by atoms with van der Waals surface area (Å²) in [5.74, 6) is 0.334. The molecule has 1 aromatic carbocycles. The van der Waals surface area contributed by atoms with Crippen molar-refractivity contribution in [3.8, 4) is 0 Å². The first-order valence-electron chi connectivity index (χ1n) is 7.28. The molecule has 0 saturated heterocycles. The van der Waals surface area contributed by atoms with Gasteiger partial charge in [0.1, 0.15) is 5.82 Å². The van der Waals surface area contributed by atoms with E-state index in [1.165, 1.54) is 6.07 Å². The van der Waals surface area contributed by atoms with E-state index in [1.54, 1.807) is 12.1 Å². The highest BCUT2D eigenvalue weighted by Gasteiger charge is 2.14. The summed E-state index contributed by atoms with van der Waals surface area (Å²) in [6, 6.07) is 6.69. The number of hydrogen-bond acceptors (Lipinski definition) is 3. The first kappa shape index (κ1) is 17.1. The summed E-state index contributed by atoms with van der Waals surface area (Å²) in [6.07, 6.45) is 0. The zero-order valence-corrected chi connectivity index (χ0v) is 12.7. The van der Waals surface area contributed by atoms with Gasteiger partial charge in [0.25, 0.3) is 0 Å². The first-order chi connectivity index (χ1) is 9.65. The molecule has 3 nitrogen and oxygen atoms in total. The van der Waals surface area contributed by atoms with Crippen molar-refractivity contribution in [1.29, 1.82) is 0 Å². The van der Waals surface area contributed by atoms with Crippen LogP contribution >= 0.6 is 0 Å². The molecule has 114 valence electrons. The summed E-state index contributed by atoms with van der Waals surface area (Å²) in [5, 5.41) is 3.24. The molecule has 1 N–H and O–H groups in total. The Kier molecular flexibility index (Phi) is 8.42. The van der Waals surface area contributed by atoms with Gasteiger partial charge in [0.05, 0.1) is 25.9 Å². The summed E-state index contributed by atoms with van der Waals surface area (Å²) >= 11 is 0. The Bertz CT molecular complexity index is 371. The second-order valence-corrected chi connectivity index (χ2v) is 5.18. The SMILES string of the molecule is CCNC(COCCOCC(C)C)c1ccccc1F. The standard InChI is InChI=1S/C16H26FNO2/c1-4-18-16(14-7-5-6-8-15(14)17)12-20-10-9-19-11-13(2)3/h5-8,13,16,18H,4,9-12H2,1-3H3. The van der Waals surface area contributed by atoms with Gasteiger partial charge in [0, 0.05) is 12.2 Å². The van der Waals surface area contributed by atoms with E-state index < -0.39 is 0 Å². The second kappa shape index (κ2) is 9.86. The van der Waals surface area contributed by atoms with Gasteiger partial charge in [0.15, 0.2) is 0 Å². The van der Waals surface area contributed by atoms with Crippen LogP contribution in [0.5, 0.6) is 0 Å². The average molecular weight is 283 g/mol. The molecule has 0 saturated carbocycles. The largest absolute Gasteiger partial charge is 0.379 e. The molecule has 20 heavy (non-hydrogen) atoms. The predicted molar refractivity (Wildman–Crippen MR) is 79.3 cm³/mol. The van der Waals surface area contributed by atoms with Crippen molar-refractivity contribution in [2.75, 3.05) is 33.0 Å². The molecule has 0 aliphatic carbocycles. The number of halogens is 1. The minimum Gasteiger partial charge on any atom is -0.379 e. The first-order valence-corrected chi connectivity index (χ1v) is 7.28. The van der Waals surface area contributed by atoms with Gasteiger partial charge in [-0.25, -0.2) is 4.39 Å². The summed E-state index contributed by atoms with van der Waals surface area (Å²) in [6.45, 7) is 9.29. The molecule has 0 aromatic heterocycles. The van der Waals surface area contributed by atoms with Gasteiger partial charge in [0.2, 0.25) is 0 Å². The second-order valence-electron chi connectivity index (χ2n) is 5.18. The van der Waals surface area contributed by atoms with Crippen LogP contribution in [0.3, 0.4) is 0 Å². The number of likely N-dealkylation sites (N-methyl/N-ethyl adjacent to an activating group) is 1. The molecule has 0 aliphatic heterocycles. The zero-order chi connectivity index (χ0) is 14.8. The maximum atomic E-state index is 13.8.